The van der Waals surface area contributed by atoms with E-state index in [0.29, 0.717) is 26.2 Å². The molecule has 1 aliphatic rings. The SMILES string of the molecule is O=C(O)c1cn(-c2nc(F)ccc2[N+](=O)[O-])c2c(Cl)c(N3CCNCC3)c(F)cc2c1=O. The standard InChI is InChI=1S/C19H14ClF2N5O5/c20-14-15-9(7-11(21)16(14)25-5-3-23-4-6-25)17(28)10(19(29)30)8-26(15)18-12(27(31)32)1-2-13(22)24-18/h1-2,7-8,23H,3-6H2,(H,29,30). The Morgan fingerprint density at radius 2 is 1.97 bits per heavy atom. The fraction of sp³-hybridized carbons (Fsp3) is 0.211. The third kappa shape index (κ3) is 3.52. The fourth-order valence-electron chi connectivity index (χ4n) is 3.64. The molecule has 1 aliphatic heterocycles. The van der Waals surface area contributed by atoms with Gasteiger partial charge in [0.1, 0.15) is 11.4 Å². The molecular weight excluding hydrogens is 452 g/mol. The van der Waals surface area contributed by atoms with E-state index in [1.54, 1.807) is 4.90 Å². The predicted octanol–water partition coefficient (Wildman–Crippen LogP) is 2.33. The number of pyridine rings is 2. The molecule has 32 heavy (non-hydrogen) atoms. The van der Waals surface area contributed by atoms with E-state index in [1.807, 2.05) is 0 Å². The summed E-state index contributed by atoms with van der Waals surface area (Å²) in [6.45, 7) is 1.85. The van der Waals surface area contributed by atoms with Gasteiger partial charge in [-0.2, -0.15) is 9.37 Å². The lowest BCUT2D eigenvalue weighted by Gasteiger charge is -2.31. The van der Waals surface area contributed by atoms with Crippen molar-refractivity contribution < 1.29 is 23.6 Å². The minimum atomic E-state index is -1.66. The van der Waals surface area contributed by atoms with Crippen LogP contribution >= 0.6 is 11.6 Å². The molecule has 1 aromatic carbocycles. The Morgan fingerprint density at radius 1 is 1.28 bits per heavy atom. The van der Waals surface area contributed by atoms with Gasteiger partial charge in [-0.15, -0.1) is 0 Å². The normalized spacial score (nSPS) is 14.0. The zero-order chi connectivity index (χ0) is 23.2. The number of hydrogen-bond acceptors (Lipinski definition) is 7. The third-order valence-corrected chi connectivity index (χ3v) is 5.42. The van der Waals surface area contributed by atoms with Crippen LogP contribution in [0.15, 0.2) is 29.2 Å². The van der Waals surface area contributed by atoms with Crippen molar-refractivity contribution in [1.82, 2.24) is 14.9 Å². The average molecular weight is 466 g/mol. The summed E-state index contributed by atoms with van der Waals surface area (Å²) in [5.74, 6) is -4.22. The number of carbonyl (C=O) groups is 1. The maximum Gasteiger partial charge on any atom is 0.341 e. The lowest BCUT2D eigenvalue weighted by molar-refractivity contribution is -0.384. The van der Waals surface area contributed by atoms with E-state index in [2.05, 4.69) is 10.3 Å². The Bertz CT molecular complexity index is 1340. The first kappa shape index (κ1) is 21.6. The maximum absolute atomic E-state index is 15.1. The number of hydrogen-bond donors (Lipinski definition) is 2. The third-order valence-electron chi connectivity index (χ3n) is 5.07. The van der Waals surface area contributed by atoms with Gasteiger partial charge in [0.05, 0.1) is 26.5 Å². The van der Waals surface area contributed by atoms with E-state index < -0.39 is 50.5 Å². The second-order valence-corrected chi connectivity index (χ2v) is 7.31. The number of nitro groups is 1. The highest BCUT2D eigenvalue weighted by Crippen LogP contribution is 2.37. The molecule has 0 aliphatic carbocycles. The molecule has 0 radical (unpaired) electrons. The van der Waals surface area contributed by atoms with Crippen LogP contribution in [-0.2, 0) is 0 Å². The Morgan fingerprint density at radius 3 is 2.59 bits per heavy atom. The quantitative estimate of drug-likeness (QED) is 0.341. The minimum Gasteiger partial charge on any atom is -0.477 e. The highest BCUT2D eigenvalue weighted by atomic mass is 35.5. The van der Waals surface area contributed by atoms with Crippen LogP contribution in [0, 0.1) is 21.9 Å². The van der Waals surface area contributed by atoms with Crippen molar-refractivity contribution in [1.29, 1.82) is 0 Å². The van der Waals surface area contributed by atoms with Gasteiger partial charge in [-0.1, -0.05) is 11.6 Å². The second kappa shape index (κ2) is 8.13. The molecule has 3 heterocycles. The summed E-state index contributed by atoms with van der Waals surface area (Å²) < 4.78 is 29.8. The van der Waals surface area contributed by atoms with Crippen LogP contribution < -0.4 is 15.6 Å². The van der Waals surface area contributed by atoms with Crippen LogP contribution in [-0.4, -0.2) is 51.7 Å². The second-order valence-electron chi connectivity index (χ2n) is 6.94. The fourth-order valence-corrected chi connectivity index (χ4v) is 4.04. The molecule has 3 aromatic rings. The van der Waals surface area contributed by atoms with Gasteiger partial charge < -0.3 is 15.3 Å². The van der Waals surface area contributed by atoms with Crippen LogP contribution in [0.4, 0.5) is 20.2 Å². The summed E-state index contributed by atoms with van der Waals surface area (Å²) in [5, 5.41) is 23.3. The van der Waals surface area contributed by atoms with Crippen LogP contribution in [0.2, 0.25) is 5.02 Å². The molecule has 1 fully saturated rings. The number of carboxylic acid groups (broad SMARTS) is 1. The van der Waals surface area contributed by atoms with Crippen molar-refractivity contribution in [3.63, 3.8) is 0 Å². The highest BCUT2D eigenvalue weighted by molar-refractivity contribution is 6.38. The number of carboxylic acids is 1. The van der Waals surface area contributed by atoms with E-state index in [9.17, 15) is 29.2 Å². The van der Waals surface area contributed by atoms with Crippen molar-refractivity contribution in [3.05, 3.63) is 67.1 Å². The number of aromatic carboxylic acids is 1. The smallest absolute Gasteiger partial charge is 0.341 e. The number of rotatable bonds is 4. The number of halogens is 3. The van der Waals surface area contributed by atoms with Gasteiger partial charge in [-0.25, -0.2) is 9.18 Å². The number of benzene rings is 1. The monoisotopic (exact) mass is 465 g/mol. The number of piperazine rings is 1. The minimum absolute atomic E-state index is 0.0593. The molecule has 0 spiro atoms. The van der Waals surface area contributed by atoms with Gasteiger partial charge >= 0.3 is 11.7 Å². The van der Waals surface area contributed by atoms with Gasteiger partial charge in [-0.05, 0) is 6.07 Å². The van der Waals surface area contributed by atoms with Crippen molar-refractivity contribution in [2.24, 2.45) is 0 Å². The summed E-state index contributed by atoms with van der Waals surface area (Å²) in [6.07, 6.45) is 0.771. The predicted molar refractivity (Wildman–Crippen MR) is 111 cm³/mol. The van der Waals surface area contributed by atoms with Crippen LogP contribution in [0.25, 0.3) is 16.7 Å². The molecule has 13 heteroatoms. The molecule has 0 amide bonds. The molecule has 0 bridgehead atoms. The molecule has 2 N–H and O–H groups in total. The number of nitrogens with zero attached hydrogens (tertiary/aromatic N) is 4. The van der Waals surface area contributed by atoms with Gasteiger partial charge in [0, 0.05) is 44.5 Å². The van der Waals surface area contributed by atoms with Crippen molar-refractivity contribution in [3.8, 4) is 5.82 Å². The summed E-state index contributed by atoms with van der Waals surface area (Å²) in [5.41, 5.74) is -2.82. The Balaban J connectivity index is 2.16. The number of fused-ring (bicyclic) bond motifs is 1. The van der Waals surface area contributed by atoms with Gasteiger partial charge in [0.2, 0.25) is 17.2 Å². The van der Waals surface area contributed by atoms with Crippen LogP contribution in [0.3, 0.4) is 0 Å². The molecule has 0 unspecified atom stereocenters. The topological polar surface area (TPSA) is 131 Å². The molecular formula is C19H14ClF2N5O5. The largest absolute Gasteiger partial charge is 0.477 e. The Kier molecular flexibility index (Phi) is 5.48. The summed E-state index contributed by atoms with van der Waals surface area (Å²) >= 11 is 6.51. The first-order valence-electron chi connectivity index (χ1n) is 9.28. The average Bonchev–Trinajstić information content (AvgIpc) is 2.74. The molecule has 4 rings (SSSR count). The van der Waals surface area contributed by atoms with Gasteiger partial charge in [-0.3, -0.25) is 19.5 Å². The van der Waals surface area contributed by atoms with Crippen molar-refractivity contribution >= 4 is 39.8 Å². The molecule has 2 aromatic heterocycles. The summed E-state index contributed by atoms with van der Waals surface area (Å²) in [6, 6.07) is 2.43. The molecule has 10 nitrogen and oxygen atoms in total. The van der Waals surface area contributed by atoms with E-state index in [1.165, 1.54) is 0 Å². The zero-order valence-corrected chi connectivity index (χ0v) is 16.9. The zero-order valence-electron chi connectivity index (χ0n) is 16.1. The number of anilines is 1. The Hall–Kier alpha value is -3.64. The van der Waals surface area contributed by atoms with E-state index in [0.717, 1.165) is 29.0 Å². The molecule has 0 saturated carbocycles. The van der Waals surface area contributed by atoms with E-state index in [4.69, 9.17) is 11.6 Å². The molecule has 1 saturated heterocycles. The van der Waals surface area contributed by atoms with Gasteiger partial charge in [0.15, 0.2) is 0 Å². The highest BCUT2D eigenvalue weighted by Gasteiger charge is 2.28. The summed E-state index contributed by atoms with van der Waals surface area (Å²) in [4.78, 5) is 40.2. The number of aromatic nitrogens is 2. The van der Waals surface area contributed by atoms with E-state index >= 15 is 4.39 Å². The molecule has 166 valence electrons. The van der Waals surface area contributed by atoms with Crippen molar-refractivity contribution in [2.75, 3.05) is 31.1 Å². The number of nitrogens with one attached hydrogen (secondary N) is 1. The van der Waals surface area contributed by atoms with Crippen LogP contribution in [0.5, 0.6) is 0 Å². The van der Waals surface area contributed by atoms with Gasteiger partial charge in [0.25, 0.3) is 0 Å². The first-order valence-corrected chi connectivity index (χ1v) is 9.66. The molecule has 0 atom stereocenters. The lowest BCUT2D eigenvalue weighted by atomic mass is 10.1. The summed E-state index contributed by atoms with van der Waals surface area (Å²) in [7, 11) is 0. The Labute approximate surface area is 182 Å². The lowest BCUT2D eigenvalue weighted by Crippen LogP contribution is -2.44. The van der Waals surface area contributed by atoms with Crippen LogP contribution in [0.1, 0.15) is 10.4 Å². The first-order chi connectivity index (χ1) is 15.2. The van der Waals surface area contributed by atoms with E-state index in [-0.39, 0.29) is 16.2 Å². The van der Waals surface area contributed by atoms with Crippen molar-refractivity contribution in [2.45, 2.75) is 0 Å². The maximum atomic E-state index is 15.1.